The fraction of sp³-hybridized carbons (Fsp3) is 0.625. The molecule has 19 heavy (non-hydrogen) atoms. The molecule has 1 fully saturated rings. The molecule has 0 aliphatic heterocycles. The normalized spacial score (nSPS) is 23.3. The molecule has 2 atom stereocenters. The molecule has 0 bridgehead atoms. The van der Waals surface area contributed by atoms with Crippen LogP contribution in [0.5, 0.6) is 0 Å². The Morgan fingerprint density at radius 1 is 1.16 bits per heavy atom. The molecular weight excluding hydrogens is 234 g/mol. The number of hydrogen-bond donors (Lipinski definition) is 2. The van der Waals surface area contributed by atoms with Gasteiger partial charge in [0.15, 0.2) is 0 Å². The van der Waals surface area contributed by atoms with Gasteiger partial charge in [-0.3, -0.25) is 0 Å². The van der Waals surface area contributed by atoms with Gasteiger partial charge in [-0.15, -0.1) is 0 Å². The molecule has 0 aromatic heterocycles. The highest BCUT2D eigenvalue weighted by Crippen LogP contribution is 2.24. The average Bonchev–Trinajstić information content (AvgIpc) is 2.45. The number of benzene rings is 1. The van der Waals surface area contributed by atoms with Gasteiger partial charge in [-0.2, -0.15) is 0 Å². The Bertz CT molecular complexity index is 372. The maximum absolute atomic E-state index is 5.87. The molecular formula is C16H27N3. The maximum Gasteiger partial charge on any atom is 0.0361 e. The summed E-state index contributed by atoms with van der Waals surface area (Å²) in [4.78, 5) is 2.13. The molecule has 0 heterocycles. The van der Waals surface area contributed by atoms with Crippen LogP contribution in [0.3, 0.4) is 0 Å². The van der Waals surface area contributed by atoms with Crippen LogP contribution in [0, 0.1) is 5.92 Å². The molecule has 2 unspecified atom stereocenters. The Morgan fingerprint density at radius 2 is 1.84 bits per heavy atom. The van der Waals surface area contributed by atoms with Crippen LogP contribution in [-0.2, 0) is 6.54 Å². The van der Waals surface area contributed by atoms with Crippen molar-refractivity contribution in [3.8, 4) is 0 Å². The topological polar surface area (TPSA) is 41.3 Å². The van der Waals surface area contributed by atoms with E-state index in [1.807, 2.05) is 0 Å². The summed E-state index contributed by atoms with van der Waals surface area (Å²) < 4.78 is 0. The van der Waals surface area contributed by atoms with E-state index in [9.17, 15) is 0 Å². The lowest BCUT2D eigenvalue weighted by molar-refractivity contribution is 0.267. The van der Waals surface area contributed by atoms with Gasteiger partial charge in [0.25, 0.3) is 0 Å². The number of rotatable bonds is 5. The number of nitrogens with zero attached hydrogens (tertiary/aromatic N) is 1. The van der Waals surface area contributed by atoms with E-state index in [0.29, 0.717) is 12.0 Å². The molecule has 1 aromatic carbocycles. The van der Waals surface area contributed by atoms with Gasteiger partial charge in [0.2, 0.25) is 0 Å². The summed E-state index contributed by atoms with van der Waals surface area (Å²) in [5.74, 6) is 0.662. The second kappa shape index (κ2) is 6.92. The molecule has 2 rings (SSSR count). The second-order valence-corrected chi connectivity index (χ2v) is 5.83. The second-order valence-electron chi connectivity index (χ2n) is 5.83. The Hall–Kier alpha value is -1.06. The van der Waals surface area contributed by atoms with E-state index in [1.165, 1.54) is 36.9 Å². The summed E-state index contributed by atoms with van der Waals surface area (Å²) in [6, 6.07) is 9.38. The SMILES string of the molecule is CN(C)c1ccc(CNC2CCCCC2CN)cc1. The third kappa shape index (κ3) is 3.95. The smallest absolute Gasteiger partial charge is 0.0361 e. The number of anilines is 1. The van der Waals surface area contributed by atoms with Gasteiger partial charge in [-0.1, -0.05) is 25.0 Å². The van der Waals surface area contributed by atoms with Crippen molar-refractivity contribution >= 4 is 5.69 Å². The number of nitrogens with two attached hydrogens (primary N) is 1. The van der Waals surface area contributed by atoms with Crippen molar-refractivity contribution in [2.45, 2.75) is 38.3 Å². The Kier molecular flexibility index (Phi) is 5.23. The van der Waals surface area contributed by atoms with Gasteiger partial charge >= 0.3 is 0 Å². The summed E-state index contributed by atoms with van der Waals surface area (Å²) in [6.07, 6.45) is 5.25. The molecule has 1 aliphatic rings. The van der Waals surface area contributed by atoms with Crippen LogP contribution in [-0.4, -0.2) is 26.7 Å². The summed E-state index contributed by atoms with van der Waals surface area (Å²) in [6.45, 7) is 1.77. The van der Waals surface area contributed by atoms with Gasteiger partial charge in [0.1, 0.15) is 0 Å². The first-order chi connectivity index (χ1) is 9.20. The monoisotopic (exact) mass is 261 g/mol. The van der Waals surface area contributed by atoms with Crippen LogP contribution in [0.15, 0.2) is 24.3 Å². The minimum Gasteiger partial charge on any atom is -0.378 e. The summed E-state index contributed by atoms with van der Waals surface area (Å²) in [7, 11) is 4.14. The first kappa shape index (κ1) is 14.4. The van der Waals surface area contributed by atoms with Crippen LogP contribution < -0.4 is 16.0 Å². The third-order valence-corrected chi connectivity index (χ3v) is 4.23. The first-order valence-corrected chi connectivity index (χ1v) is 7.40. The van der Waals surface area contributed by atoms with E-state index in [4.69, 9.17) is 5.73 Å². The maximum atomic E-state index is 5.87. The van der Waals surface area contributed by atoms with Crippen molar-refractivity contribution in [3.63, 3.8) is 0 Å². The zero-order chi connectivity index (χ0) is 13.7. The van der Waals surface area contributed by atoms with E-state index in [1.54, 1.807) is 0 Å². The fourth-order valence-corrected chi connectivity index (χ4v) is 2.92. The van der Waals surface area contributed by atoms with Gasteiger partial charge in [0.05, 0.1) is 0 Å². The lowest BCUT2D eigenvalue weighted by atomic mass is 9.84. The van der Waals surface area contributed by atoms with Gasteiger partial charge in [0, 0.05) is 32.4 Å². The van der Waals surface area contributed by atoms with Crippen LogP contribution in [0.25, 0.3) is 0 Å². The van der Waals surface area contributed by atoms with E-state index >= 15 is 0 Å². The van der Waals surface area contributed by atoms with Crippen LogP contribution >= 0.6 is 0 Å². The fourth-order valence-electron chi connectivity index (χ4n) is 2.92. The highest BCUT2D eigenvalue weighted by molar-refractivity contribution is 5.45. The molecule has 3 nitrogen and oxygen atoms in total. The predicted octanol–water partition coefficient (Wildman–Crippen LogP) is 2.36. The Morgan fingerprint density at radius 3 is 2.47 bits per heavy atom. The van der Waals surface area contributed by atoms with Crippen molar-refractivity contribution in [1.82, 2.24) is 5.32 Å². The third-order valence-electron chi connectivity index (χ3n) is 4.23. The molecule has 1 aromatic rings. The summed E-state index contributed by atoms with van der Waals surface area (Å²) >= 11 is 0. The molecule has 1 saturated carbocycles. The molecule has 0 amide bonds. The minimum atomic E-state index is 0.604. The molecule has 106 valence electrons. The van der Waals surface area contributed by atoms with E-state index in [2.05, 4.69) is 48.6 Å². The standard InChI is InChI=1S/C16H27N3/c1-19(2)15-9-7-13(8-10-15)12-18-16-6-4-3-5-14(16)11-17/h7-10,14,16,18H,3-6,11-12,17H2,1-2H3. The van der Waals surface area contributed by atoms with Crippen molar-refractivity contribution in [3.05, 3.63) is 29.8 Å². The number of hydrogen-bond acceptors (Lipinski definition) is 3. The van der Waals surface area contributed by atoms with Crippen molar-refractivity contribution in [1.29, 1.82) is 0 Å². The Labute approximate surface area is 117 Å². The molecule has 3 N–H and O–H groups in total. The largest absolute Gasteiger partial charge is 0.378 e. The van der Waals surface area contributed by atoms with Crippen molar-refractivity contribution < 1.29 is 0 Å². The summed E-state index contributed by atoms with van der Waals surface area (Å²) in [5, 5.41) is 3.69. The van der Waals surface area contributed by atoms with E-state index in [0.717, 1.165) is 13.1 Å². The van der Waals surface area contributed by atoms with Gasteiger partial charge < -0.3 is 16.0 Å². The molecule has 0 spiro atoms. The molecule has 1 aliphatic carbocycles. The lowest BCUT2D eigenvalue weighted by Gasteiger charge is -2.31. The highest BCUT2D eigenvalue weighted by Gasteiger charge is 2.23. The average molecular weight is 261 g/mol. The molecule has 0 saturated heterocycles. The van der Waals surface area contributed by atoms with Crippen LogP contribution in [0.4, 0.5) is 5.69 Å². The molecule has 0 radical (unpaired) electrons. The Balaban J connectivity index is 1.87. The van der Waals surface area contributed by atoms with Crippen LogP contribution in [0.2, 0.25) is 0 Å². The zero-order valence-corrected chi connectivity index (χ0v) is 12.2. The lowest BCUT2D eigenvalue weighted by Crippen LogP contribution is -2.41. The molecule has 3 heteroatoms. The van der Waals surface area contributed by atoms with Crippen molar-refractivity contribution in [2.24, 2.45) is 11.7 Å². The summed E-state index contributed by atoms with van der Waals surface area (Å²) in [5.41, 5.74) is 8.48. The highest BCUT2D eigenvalue weighted by atomic mass is 15.1. The van der Waals surface area contributed by atoms with E-state index in [-0.39, 0.29) is 0 Å². The van der Waals surface area contributed by atoms with E-state index < -0.39 is 0 Å². The zero-order valence-electron chi connectivity index (χ0n) is 12.2. The first-order valence-electron chi connectivity index (χ1n) is 7.40. The van der Waals surface area contributed by atoms with Crippen LogP contribution in [0.1, 0.15) is 31.2 Å². The van der Waals surface area contributed by atoms with Gasteiger partial charge in [-0.25, -0.2) is 0 Å². The minimum absolute atomic E-state index is 0.604. The predicted molar refractivity (Wildman–Crippen MR) is 82.4 cm³/mol. The van der Waals surface area contributed by atoms with Gasteiger partial charge in [-0.05, 0) is 43.0 Å². The quantitative estimate of drug-likeness (QED) is 0.855. The van der Waals surface area contributed by atoms with Crippen molar-refractivity contribution in [2.75, 3.05) is 25.5 Å². The number of nitrogens with one attached hydrogen (secondary N) is 1.